The van der Waals surface area contributed by atoms with Gasteiger partial charge in [-0.2, -0.15) is 0 Å². The molecule has 0 aromatic carbocycles. The Morgan fingerprint density at radius 3 is 2.57 bits per heavy atom. The van der Waals surface area contributed by atoms with Crippen LogP contribution in [0.5, 0.6) is 0 Å². The molecule has 0 spiro atoms. The van der Waals surface area contributed by atoms with Gasteiger partial charge in [0.25, 0.3) is 0 Å². The van der Waals surface area contributed by atoms with E-state index in [2.05, 4.69) is 15.4 Å². The highest BCUT2D eigenvalue weighted by Crippen LogP contribution is 2.15. The first-order valence-corrected chi connectivity index (χ1v) is 7.50. The number of ether oxygens (including phenoxy) is 2. The van der Waals surface area contributed by atoms with Crippen molar-refractivity contribution in [2.24, 2.45) is 0 Å². The van der Waals surface area contributed by atoms with Crippen LogP contribution in [0.1, 0.15) is 49.6 Å². The van der Waals surface area contributed by atoms with Gasteiger partial charge in [-0.05, 0) is 40.7 Å². The minimum atomic E-state index is -0.521. The van der Waals surface area contributed by atoms with Crippen molar-refractivity contribution < 1.29 is 23.5 Å². The van der Waals surface area contributed by atoms with E-state index in [4.69, 9.17) is 9.15 Å². The Labute approximate surface area is 136 Å². The number of methoxy groups -OCH3 is 1. The van der Waals surface area contributed by atoms with Crippen LogP contribution in [0.2, 0.25) is 0 Å². The van der Waals surface area contributed by atoms with Crippen LogP contribution in [0.25, 0.3) is 0 Å². The van der Waals surface area contributed by atoms with Crippen molar-refractivity contribution in [1.29, 1.82) is 0 Å². The molecule has 23 heavy (non-hydrogen) atoms. The number of amides is 1. The Balaban J connectivity index is 2.39. The zero-order valence-electron chi connectivity index (χ0n) is 14.6. The first-order chi connectivity index (χ1) is 10.6. The minimum Gasteiger partial charge on any atom is -0.465 e. The minimum absolute atomic E-state index is 0.110. The number of hydrogen-bond acceptors (Lipinski definition) is 6. The fraction of sp³-hybridized carbons (Fsp3) is 0.625. The zero-order valence-corrected chi connectivity index (χ0v) is 14.6. The second-order valence-corrected chi connectivity index (χ2v) is 6.35. The molecule has 0 saturated carbocycles. The van der Waals surface area contributed by atoms with Crippen molar-refractivity contribution in [1.82, 2.24) is 10.6 Å². The van der Waals surface area contributed by atoms with E-state index in [9.17, 15) is 9.59 Å². The van der Waals surface area contributed by atoms with Gasteiger partial charge < -0.3 is 24.5 Å². The van der Waals surface area contributed by atoms with Crippen molar-refractivity contribution in [2.75, 3.05) is 13.7 Å². The van der Waals surface area contributed by atoms with Crippen molar-refractivity contribution in [2.45, 2.75) is 52.8 Å². The van der Waals surface area contributed by atoms with Gasteiger partial charge in [0.2, 0.25) is 0 Å². The van der Waals surface area contributed by atoms with E-state index < -0.39 is 17.7 Å². The van der Waals surface area contributed by atoms with Gasteiger partial charge in [-0.25, -0.2) is 9.59 Å². The molecule has 0 aliphatic rings. The first kappa shape index (κ1) is 19.0. The molecule has 1 rings (SSSR count). The molecule has 1 heterocycles. The molecular weight excluding hydrogens is 300 g/mol. The fourth-order valence-electron chi connectivity index (χ4n) is 1.92. The van der Waals surface area contributed by atoms with Gasteiger partial charge in [-0.1, -0.05) is 0 Å². The van der Waals surface area contributed by atoms with Gasteiger partial charge in [-0.3, -0.25) is 0 Å². The van der Waals surface area contributed by atoms with Crippen LogP contribution in [0, 0.1) is 6.92 Å². The molecule has 1 amide bonds. The molecule has 2 N–H and O–H groups in total. The van der Waals surface area contributed by atoms with Crippen molar-refractivity contribution in [3.8, 4) is 0 Å². The standard InChI is InChI=1S/C16H26N2O5/c1-10(18-15(20)23-16(3,4)5)8-17-9-12-7-13(11(2)22-12)14(19)21-6/h7,10,17H,8-9H2,1-6H3,(H,18,20). The summed E-state index contributed by atoms with van der Waals surface area (Å²) >= 11 is 0. The molecule has 1 aromatic heterocycles. The molecule has 7 nitrogen and oxygen atoms in total. The highest BCUT2D eigenvalue weighted by atomic mass is 16.6. The lowest BCUT2D eigenvalue weighted by Crippen LogP contribution is -2.42. The predicted octanol–water partition coefficient (Wildman–Crippen LogP) is 2.38. The number of carbonyl (C=O) groups excluding carboxylic acids is 2. The molecule has 0 radical (unpaired) electrons. The van der Waals surface area contributed by atoms with Crippen LogP contribution < -0.4 is 10.6 Å². The molecule has 0 aliphatic carbocycles. The van der Waals surface area contributed by atoms with Gasteiger partial charge in [0, 0.05) is 12.6 Å². The summed E-state index contributed by atoms with van der Waals surface area (Å²) in [7, 11) is 1.33. The molecule has 7 heteroatoms. The third-order valence-electron chi connectivity index (χ3n) is 2.89. The summed E-state index contributed by atoms with van der Waals surface area (Å²) in [6, 6.07) is 1.54. The van der Waals surface area contributed by atoms with E-state index in [1.54, 1.807) is 13.0 Å². The largest absolute Gasteiger partial charge is 0.465 e. The molecule has 0 aliphatic heterocycles. The number of nitrogens with one attached hydrogen (secondary N) is 2. The summed E-state index contributed by atoms with van der Waals surface area (Å²) in [5.41, 5.74) is -0.100. The third-order valence-corrected chi connectivity index (χ3v) is 2.89. The number of furan rings is 1. The number of rotatable bonds is 6. The molecule has 130 valence electrons. The Morgan fingerprint density at radius 1 is 1.35 bits per heavy atom. The predicted molar refractivity (Wildman–Crippen MR) is 85.3 cm³/mol. The SMILES string of the molecule is COC(=O)c1cc(CNCC(C)NC(=O)OC(C)(C)C)oc1C. The quantitative estimate of drug-likeness (QED) is 0.780. The Bertz CT molecular complexity index is 545. The van der Waals surface area contributed by atoms with Crippen LogP contribution in [0.3, 0.4) is 0 Å². The smallest absolute Gasteiger partial charge is 0.407 e. The Hall–Kier alpha value is -2.02. The lowest BCUT2D eigenvalue weighted by atomic mass is 10.2. The number of hydrogen-bond donors (Lipinski definition) is 2. The molecule has 0 fully saturated rings. The summed E-state index contributed by atoms with van der Waals surface area (Å²) in [6.45, 7) is 9.99. The summed E-state index contributed by atoms with van der Waals surface area (Å²) in [6.07, 6.45) is -0.450. The fourth-order valence-corrected chi connectivity index (χ4v) is 1.92. The van der Waals surface area contributed by atoms with Gasteiger partial charge in [-0.15, -0.1) is 0 Å². The normalized spacial score (nSPS) is 12.6. The van der Waals surface area contributed by atoms with Gasteiger partial charge in [0.1, 0.15) is 22.7 Å². The number of esters is 1. The first-order valence-electron chi connectivity index (χ1n) is 7.50. The van der Waals surface area contributed by atoms with E-state index in [1.807, 2.05) is 27.7 Å². The van der Waals surface area contributed by atoms with Crippen molar-refractivity contribution >= 4 is 12.1 Å². The zero-order chi connectivity index (χ0) is 17.6. The third kappa shape index (κ3) is 6.73. The molecule has 1 aromatic rings. The van der Waals surface area contributed by atoms with Crippen LogP contribution in [-0.4, -0.2) is 37.4 Å². The van der Waals surface area contributed by atoms with E-state index in [1.165, 1.54) is 7.11 Å². The second kappa shape index (κ2) is 8.01. The average Bonchev–Trinajstić information content (AvgIpc) is 2.76. The lowest BCUT2D eigenvalue weighted by Gasteiger charge is -2.22. The van der Waals surface area contributed by atoms with Crippen molar-refractivity contribution in [3.63, 3.8) is 0 Å². The van der Waals surface area contributed by atoms with Crippen molar-refractivity contribution in [3.05, 3.63) is 23.2 Å². The number of carbonyl (C=O) groups is 2. The molecule has 1 unspecified atom stereocenters. The highest BCUT2D eigenvalue weighted by Gasteiger charge is 2.18. The lowest BCUT2D eigenvalue weighted by molar-refractivity contribution is 0.0507. The molecule has 0 bridgehead atoms. The van der Waals surface area contributed by atoms with E-state index in [0.717, 1.165) is 0 Å². The van der Waals surface area contributed by atoms with Crippen LogP contribution >= 0.6 is 0 Å². The topological polar surface area (TPSA) is 89.8 Å². The summed E-state index contributed by atoms with van der Waals surface area (Å²) < 4.78 is 15.3. The summed E-state index contributed by atoms with van der Waals surface area (Å²) in [5.74, 6) is 0.735. The molecule has 0 saturated heterocycles. The van der Waals surface area contributed by atoms with Gasteiger partial charge >= 0.3 is 12.1 Å². The summed E-state index contributed by atoms with van der Waals surface area (Å²) in [4.78, 5) is 23.1. The second-order valence-electron chi connectivity index (χ2n) is 6.35. The van der Waals surface area contributed by atoms with E-state index >= 15 is 0 Å². The highest BCUT2D eigenvalue weighted by molar-refractivity contribution is 5.90. The Kier molecular flexibility index (Phi) is 6.62. The molecular formula is C16H26N2O5. The number of alkyl carbamates (subject to hydrolysis) is 1. The van der Waals surface area contributed by atoms with Crippen LogP contribution in [-0.2, 0) is 16.0 Å². The van der Waals surface area contributed by atoms with Gasteiger partial charge in [0.15, 0.2) is 0 Å². The Morgan fingerprint density at radius 2 is 2.00 bits per heavy atom. The average molecular weight is 326 g/mol. The number of aryl methyl sites for hydroxylation is 1. The van der Waals surface area contributed by atoms with Crippen LogP contribution in [0.4, 0.5) is 4.79 Å². The molecule has 1 atom stereocenters. The maximum Gasteiger partial charge on any atom is 0.407 e. The van der Waals surface area contributed by atoms with E-state index in [0.29, 0.717) is 30.2 Å². The van der Waals surface area contributed by atoms with Gasteiger partial charge in [0.05, 0.1) is 13.7 Å². The maximum absolute atomic E-state index is 11.6. The maximum atomic E-state index is 11.6. The van der Waals surface area contributed by atoms with E-state index in [-0.39, 0.29) is 6.04 Å². The summed E-state index contributed by atoms with van der Waals surface area (Å²) in [5, 5.41) is 5.89. The van der Waals surface area contributed by atoms with Crippen LogP contribution in [0.15, 0.2) is 10.5 Å². The monoisotopic (exact) mass is 326 g/mol.